The molecule has 1 aliphatic carbocycles. The first-order valence-corrected chi connectivity index (χ1v) is 6.89. The summed E-state index contributed by atoms with van der Waals surface area (Å²) in [6.07, 6.45) is -0.603. The van der Waals surface area contributed by atoms with E-state index in [1.165, 1.54) is 0 Å². The predicted molar refractivity (Wildman–Crippen MR) is 72.3 cm³/mol. The Morgan fingerprint density at radius 2 is 1.27 bits per heavy atom. The Morgan fingerprint density at radius 1 is 0.909 bits per heavy atom. The molecule has 0 heterocycles. The van der Waals surface area contributed by atoms with Crippen molar-refractivity contribution in [2.24, 2.45) is 16.2 Å². The van der Waals surface area contributed by atoms with Gasteiger partial charge in [0.2, 0.25) is 0 Å². The maximum atomic E-state index is 14.1. The van der Waals surface area contributed by atoms with Crippen molar-refractivity contribution >= 4 is 5.97 Å². The Kier molecular flexibility index (Phi) is 3.40. The highest BCUT2D eigenvalue weighted by atomic mass is 19.2. The third-order valence-corrected chi connectivity index (χ3v) is 6.01. The molecule has 0 saturated heterocycles. The molecule has 1 aromatic rings. The molecule has 0 bridgehead atoms. The highest BCUT2D eigenvalue weighted by Gasteiger charge is 2.81. The molecular formula is C16H18F4O2. The largest absolute Gasteiger partial charge is 0.481 e. The second-order valence-electron chi connectivity index (χ2n) is 7.00. The van der Waals surface area contributed by atoms with E-state index < -0.39 is 63.0 Å². The van der Waals surface area contributed by atoms with Crippen molar-refractivity contribution in [2.45, 2.75) is 41.0 Å². The zero-order valence-corrected chi connectivity index (χ0v) is 13.1. The number of carbonyl (C=O) groups is 1. The van der Waals surface area contributed by atoms with E-state index in [0.29, 0.717) is 0 Å². The average molecular weight is 318 g/mol. The van der Waals surface area contributed by atoms with Gasteiger partial charge in [-0.2, -0.15) is 0 Å². The molecule has 122 valence electrons. The Labute approximate surface area is 126 Å². The molecule has 6 heteroatoms. The van der Waals surface area contributed by atoms with Crippen molar-refractivity contribution in [2.75, 3.05) is 0 Å². The number of carboxylic acids is 1. The number of rotatable bonds is 3. The number of halogens is 4. The molecule has 1 aliphatic rings. The maximum absolute atomic E-state index is 14.1. The van der Waals surface area contributed by atoms with Gasteiger partial charge in [-0.1, -0.05) is 27.7 Å². The lowest BCUT2D eigenvalue weighted by atomic mass is 9.86. The van der Waals surface area contributed by atoms with Gasteiger partial charge in [0.1, 0.15) is 0 Å². The third kappa shape index (κ3) is 1.64. The van der Waals surface area contributed by atoms with Gasteiger partial charge in [0, 0.05) is 11.1 Å². The van der Waals surface area contributed by atoms with Crippen molar-refractivity contribution in [3.63, 3.8) is 0 Å². The number of carboxylic acid groups (broad SMARTS) is 1. The summed E-state index contributed by atoms with van der Waals surface area (Å²) >= 11 is 0. The number of aliphatic carboxylic acids is 1. The molecule has 0 aromatic heterocycles. The van der Waals surface area contributed by atoms with Crippen LogP contribution in [-0.4, -0.2) is 11.1 Å². The lowest BCUT2D eigenvalue weighted by molar-refractivity contribution is -0.145. The average Bonchev–Trinajstić information content (AvgIpc) is 2.77. The van der Waals surface area contributed by atoms with Crippen LogP contribution in [0.2, 0.25) is 0 Å². The summed E-state index contributed by atoms with van der Waals surface area (Å²) in [4.78, 5) is 11.7. The molecule has 0 atom stereocenters. The fourth-order valence-electron chi connectivity index (χ4n) is 3.69. The van der Waals surface area contributed by atoms with Crippen molar-refractivity contribution < 1.29 is 27.5 Å². The fourth-order valence-corrected chi connectivity index (χ4v) is 3.69. The van der Waals surface area contributed by atoms with Gasteiger partial charge in [-0.25, -0.2) is 17.6 Å². The summed E-state index contributed by atoms with van der Waals surface area (Å²) in [7, 11) is 0. The Morgan fingerprint density at radius 3 is 1.55 bits per heavy atom. The minimum absolute atomic E-state index is 0.603. The second kappa shape index (κ2) is 4.46. The quantitative estimate of drug-likeness (QED) is 0.669. The monoisotopic (exact) mass is 318 g/mol. The standard InChI is InChI=1S/C16H18F4O2/c1-7-9(17)11(19)8(12(20)10(7)18)6-16(13(21)22)14(2,3)15(16,4)5/h6H2,1-5H3,(H,21,22). The van der Waals surface area contributed by atoms with Gasteiger partial charge in [-0.3, -0.25) is 4.79 Å². The minimum Gasteiger partial charge on any atom is -0.481 e. The highest BCUT2D eigenvalue weighted by molar-refractivity contribution is 5.82. The van der Waals surface area contributed by atoms with Gasteiger partial charge < -0.3 is 5.11 Å². The third-order valence-electron chi connectivity index (χ3n) is 6.01. The van der Waals surface area contributed by atoms with E-state index in [0.717, 1.165) is 6.92 Å². The lowest BCUT2D eigenvalue weighted by Gasteiger charge is -2.18. The summed E-state index contributed by atoms with van der Waals surface area (Å²) in [5.41, 5.74) is -4.64. The van der Waals surface area contributed by atoms with Crippen LogP contribution in [0.1, 0.15) is 38.8 Å². The molecule has 0 unspecified atom stereocenters. The first-order chi connectivity index (χ1) is 9.84. The predicted octanol–water partition coefficient (Wildman–Crippen LogP) is 4.23. The van der Waals surface area contributed by atoms with E-state index in [2.05, 4.69) is 0 Å². The summed E-state index contributed by atoms with van der Waals surface area (Å²) in [6.45, 7) is 7.59. The molecule has 0 spiro atoms. The van der Waals surface area contributed by atoms with Crippen LogP contribution in [0, 0.1) is 46.4 Å². The summed E-state index contributed by atoms with van der Waals surface area (Å²) in [6, 6.07) is 0. The molecule has 0 amide bonds. The Bertz CT molecular complexity index is 634. The van der Waals surface area contributed by atoms with Gasteiger partial charge in [-0.05, 0) is 24.2 Å². The van der Waals surface area contributed by atoms with E-state index in [4.69, 9.17) is 0 Å². The lowest BCUT2D eigenvalue weighted by Crippen LogP contribution is -2.27. The van der Waals surface area contributed by atoms with Crippen LogP contribution in [0.5, 0.6) is 0 Å². The Hall–Kier alpha value is -1.59. The zero-order valence-electron chi connectivity index (χ0n) is 13.1. The molecule has 2 nitrogen and oxygen atoms in total. The van der Waals surface area contributed by atoms with Crippen LogP contribution >= 0.6 is 0 Å². The van der Waals surface area contributed by atoms with E-state index >= 15 is 0 Å². The van der Waals surface area contributed by atoms with Crippen LogP contribution in [0.15, 0.2) is 0 Å². The normalized spacial score (nSPS) is 20.8. The molecule has 1 N–H and O–H groups in total. The van der Waals surface area contributed by atoms with Gasteiger partial charge >= 0.3 is 5.97 Å². The Balaban J connectivity index is 2.64. The second-order valence-corrected chi connectivity index (χ2v) is 7.00. The fraction of sp³-hybridized carbons (Fsp3) is 0.562. The summed E-state index contributed by atoms with van der Waals surface area (Å²) in [5.74, 6) is -7.23. The van der Waals surface area contributed by atoms with Crippen LogP contribution in [-0.2, 0) is 11.2 Å². The maximum Gasteiger partial charge on any atom is 0.311 e. The topological polar surface area (TPSA) is 37.3 Å². The molecular weight excluding hydrogens is 300 g/mol. The first kappa shape index (κ1) is 16.8. The number of benzene rings is 1. The van der Waals surface area contributed by atoms with Crippen LogP contribution in [0.25, 0.3) is 0 Å². The van der Waals surface area contributed by atoms with Crippen molar-refractivity contribution in [3.05, 3.63) is 34.4 Å². The van der Waals surface area contributed by atoms with E-state index in [1.807, 2.05) is 0 Å². The van der Waals surface area contributed by atoms with E-state index in [-0.39, 0.29) is 0 Å². The summed E-state index contributed by atoms with van der Waals surface area (Å²) < 4.78 is 55.5. The zero-order chi connectivity index (χ0) is 17.2. The van der Waals surface area contributed by atoms with Crippen molar-refractivity contribution in [1.82, 2.24) is 0 Å². The van der Waals surface area contributed by atoms with Gasteiger partial charge in [-0.15, -0.1) is 0 Å². The molecule has 1 fully saturated rings. The molecule has 1 aromatic carbocycles. The highest BCUT2D eigenvalue weighted by Crippen LogP contribution is 2.79. The van der Waals surface area contributed by atoms with Crippen molar-refractivity contribution in [1.29, 1.82) is 0 Å². The van der Waals surface area contributed by atoms with Crippen LogP contribution in [0.4, 0.5) is 17.6 Å². The van der Waals surface area contributed by atoms with E-state index in [9.17, 15) is 27.5 Å². The molecule has 22 heavy (non-hydrogen) atoms. The van der Waals surface area contributed by atoms with Gasteiger partial charge in [0.15, 0.2) is 23.3 Å². The molecule has 2 rings (SSSR count). The van der Waals surface area contributed by atoms with Crippen LogP contribution < -0.4 is 0 Å². The molecule has 1 saturated carbocycles. The molecule has 0 radical (unpaired) electrons. The first-order valence-electron chi connectivity index (χ1n) is 6.89. The van der Waals surface area contributed by atoms with Gasteiger partial charge in [0.25, 0.3) is 0 Å². The number of hydrogen-bond donors (Lipinski definition) is 1. The SMILES string of the molecule is Cc1c(F)c(F)c(CC2(C(=O)O)C(C)(C)C2(C)C)c(F)c1F. The smallest absolute Gasteiger partial charge is 0.311 e. The number of hydrogen-bond acceptors (Lipinski definition) is 1. The van der Waals surface area contributed by atoms with E-state index in [1.54, 1.807) is 27.7 Å². The minimum atomic E-state index is -1.52. The van der Waals surface area contributed by atoms with Gasteiger partial charge in [0.05, 0.1) is 5.41 Å². The molecule has 0 aliphatic heterocycles. The summed E-state index contributed by atoms with van der Waals surface area (Å²) in [5, 5.41) is 9.58. The van der Waals surface area contributed by atoms with Crippen LogP contribution in [0.3, 0.4) is 0 Å². The van der Waals surface area contributed by atoms with Crippen molar-refractivity contribution in [3.8, 4) is 0 Å².